The number of ether oxygens (including phenoxy) is 2. The second-order valence-electron chi connectivity index (χ2n) is 25.4. The van der Waals surface area contributed by atoms with E-state index in [0.717, 1.165) is 161 Å². The topological polar surface area (TPSA) is 119 Å². The molecule has 6 aromatic heterocycles. The number of aromatic nitrogens is 6. The molecule has 1 atom stereocenters. The number of nitrogens with zero attached hydrogens (tertiary/aromatic N) is 10. The number of anilines is 3. The number of hydrogen-bond donors (Lipinski definition) is 0. The quantitative estimate of drug-likeness (QED) is 0.157. The van der Waals surface area contributed by atoms with Gasteiger partial charge in [-0.1, -0.05) is 121 Å². The van der Waals surface area contributed by atoms with Crippen LogP contribution < -0.4 is 14.4 Å². The Morgan fingerprint density at radius 2 is 0.735 bits per heavy atom. The number of pyridine rings is 2. The van der Waals surface area contributed by atoms with Crippen molar-refractivity contribution in [3.63, 3.8) is 0 Å². The Hall–Kier alpha value is -14.0. The molecule has 21 rings (SSSR count). The van der Waals surface area contributed by atoms with Gasteiger partial charge in [0, 0.05) is 95.2 Å². The molecule has 1 spiro atoms. The van der Waals surface area contributed by atoms with E-state index in [-0.39, 0.29) is 0 Å². The molecule has 8 heterocycles. The fraction of sp³-hybridized carbons (Fsp3) is 0.0116. The smallest absolute Gasteiger partial charge is 0.188 e. The van der Waals surface area contributed by atoms with E-state index < -0.39 is 5.41 Å². The van der Waals surface area contributed by atoms with Crippen molar-refractivity contribution in [2.24, 2.45) is 0 Å². The molecule has 0 fully saturated rings. The summed E-state index contributed by atoms with van der Waals surface area (Å²) in [6, 6.07) is 97.3. The van der Waals surface area contributed by atoms with Gasteiger partial charge in [0.05, 0.1) is 126 Å². The molecular formula is C86H46N10O2. The number of nitriles is 2. The summed E-state index contributed by atoms with van der Waals surface area (Å²) in [5.74, 6) is 2.64. The van der Waals surface area contributed by atoms with Crippen LogP contribution in [0.5, 0.6) is 23.0 Å². The zero-order valence-corrected chi connectivity index (χ0v) is 51.8. The van der Waals surface area contributed by atoms with Gasteiger partial charge in [0.2, 0.25) is 0 Å². The normalized spacial score (nSPS) is 14.1. The molecule has 0 radical (unpaired) electrons. The lowest BCUT2D eigenvalue weighted by Crippen LogP contribution is -2.32. The molecule has 1 unspecified atom stereocenters. The Balaban J connectivity index is 0.843. The standard InChI is InChI=1S/C86H46N10O2/c1-89-52-28-36-76-64(40-52)61-17-5-11-23-74(61)96(76)57-43-69-85(91-49-57)84-68(42-56(48-90-84)95-73-22-10-4-16-60(73)63-38-50(46-87)26-34-75(63)95)86(69)66-32-29-54(92-70-19-7-2-14-58(70)59-15-3-8-20-71(59)92)44-81(66)98-82-45-55(30-33-67(82)86)93-72-21-9-6-18-62(72)65-41-53(31-37-77(65)93)94-78-24-12-13-25-80(78)97-83-39-51(47-88)27-35-79(83)94/h2-45,48-49H. The third-order valence-electron chi connectivity index (χ3n) is 20.5. The molecule has 452 valence electrons. The summed E-state index contributed by atoms with van der Waals surface area (Å²) in [6.45, 7) is 8.04. The van der Waals surface area contributed by atoms with E-state index in [1.807, 2.05) is 79.1 Å². The van der Waals surface area contributed by atoms with Gasteiger partial charge in [-0.25, -0.2) is 4.85 Å². The zero-order valence-electron chi connectivity index (χ0n) is 51.8. The van der Waals surface area contributed by atoms with Crippen LogP contribution in [0.25, 0.3) is 126 Å². The van der Waals surface area contributed by atoms with E-state index in [2.05, 4.69) is 234 Å². The molecular weight excluding hydrogens is 1210 g/mol. The molecule has 1 aliphatic carbocycles. The van der Waals surface area contributed by atoms with Gasteiger partial charge in [0.25, 0.3) is 0 Å². The van der Waals surface area contributed by atoms with Gasteiger partial charge in [-0.15, -0.1) is 0 Å². The minimum Gasteiger partial charge on any atom is -0.457 e. The Labute approximate surface area is 558 Å². The maximum absolute atomic E-state index is 10.2. The Bertz CT molecular complexity index is 6540. The van der Waals surface area contributed by atoms with Gasteiger partial charge in [-0.3, -0.25) is 9.97 Å². The lowest BCUT2D eigenvalue weighted by atomic mass is 9.66. The minimum absolute atomic E-state index is 0.519. The fourth-order valence-corrected chi connectivity index (χ4v) is 16.5. The van der Waals surface area contributed by atoms with Crippen LogP contribution in [0.3, 0.4) is 0 Å². The molecule has 0 bridgehead atoms. The van der Waals surface area contributed by atoms with E-state index in [9.17, 15) is 10.5 Å². The average Bonchev–Trinajstić information content (AvgIpc) is 1.48. The highest BCUT2D eigenvalue weighted by Gasteiger charge is 2.53. The van der Waals surface area contributed by atoms with Gasteiger partial charge in [0.15, 0.2) is 17.2 Å². The first-order valence-electron chi connectivity index (χ1n) is 32.4. The molecule has 0 amide bonds. The van der Waals surface area contributed by atoms with Gasteiger partial charge < -0.3 is 32.6 Å². The maximum atomic E-state index is 10.2. The highest BCUT2D eigenvalue weighted by Crippen LogP contribution is 2.63. The first-order valence-corrected chi connectivity index (χ1v) is 32.4. The number of fused-ring (bicyclic) bond motifs is 23. The predicted molar refractivity (Wildman–Crippen MR) is 387 cm³/mol. The average molecular weight is 1250 g/mol. The van der Waals surface area contributed by atoms with Crippen molar-refractivity contribution in [1.29, 1.82) is 10.5 Å². The summed E-state index contributed by atoms with van der Waals surface area (Å²) >= 11 is 0. The predicted octanol–water partition coefficient (Wildman–Crippen LogP) is 21.2. The van der Waals surface area contributed by atoms with Gasteiger partial charge in [-0.05, 0) is 133 Å². The first kappa shape index (κ1) is 53.5. The first-order chi connectivity index (χ1) is 48.4. The summed E-state index contributed by atoms with van der Waals surface area (Å²) in [6.07, 6.45) is 3.93. The number of benzene rings is 12. The molecule has 0 N–H and O–H groups in total. The molecule has 98 heavy (non-hydrogen) atoms. The van der Waals surface area contributed by atoms with E-state index in [0.29, 0.717) is 39.8 Å². The second-order valence-corrected chi connectivity index (χ2v) is 25.4. The van der Waals surface area contributed by atoms with E-state index in [1.165, 1.54) is 0 Å². The summed E-state index contributed by atoms with van der Waals surface area (Å²) in [5.41, 5.74) is 20.0. The Morgan fingerprint density at radius 3 is 1.28 bits per heavy atom. The lowest BCUT2D eigenvalue weighted by Gasteiger charge is -2.39. The van der Waals surface area contributed by atoms with Crippen molar-refractivity contribution in [3.8, 4) is 69.3 Å². The molecule has 12 nitrogen and oxygen atoms in total. The highest BCUT2D eigenvalue weighted by molar-refractivity contribution is 6.14. The summed E-state index contributed by atoms with van der Waals surface area (Å²) in [4.78, 5) is 17.3. The van der Waals surface area contributed by atoms with Crippen LogP contribution in [0.15, 0.2) is 279 Å². The zero-order chi connectivity index (χ0) is 64.6. The summed E-state index contributed by atoms with van der Waals surface area (Å²) in [7, 11) is 0. The molecule has 0 saturated heterocycles. The van der Waals surface area contributed by atoms with Crippen molar-refractivity contribution in [2.45, 2.75) is 5.41 Å². The third-order valence-corrected chi connectivity index (χ3v) is 20.5. The second kappa shape index (κ2) is 19.8. The van der Waals surface area contributed by atoms with E-state index >= 15 is 0 Å². The number of hydrogen-bond acceptors (Lipinski definition) is 7. The van der Waals surface area contributed by atoms with Crippen LogP contribution in [0, 0.1) is 29.2 Å². The van der Waals surface area contributed by atoms with Crippen molar-refractivity contribution in [2.75, 3.05) is 4.90 Å². The van der Waals surface area contributed by atoms with Crippen LogP contribution >= 0.6 is 0 Å². The molecule has 12 aromatic carbocycles. The molecule has 18 aromatic rings. The Morgan fingerprint density at radius 1 is 0.327 bits per heavy atom. The number of rotatable bonds is 5. The molecule has 0 saturated carbocycles. The minimum atomic E-state index is -1.13. The molecule has 12 heteroatoms. The summed E-state index contributed by atoms with van der Waals surface area (Å²) < 4.78 is 23.4. The largest absolute Gasteiger partial charge is 0.457 e. The molecule has 2 aliphatic heterocycles. The van der Waals surface area contributed by atoms with Crippen molar-refractivity contribution >= 4 is 110 Å². The van der Waals surface area contributed by atoms with Crippen LogP contribution in [-0.2, 0) is 5.41 Å². The third kappa shape index (κ3) is 7.17. The van der Waals surface area contributed by atoms with Gasteiger partial charge >= 0.3 is 0 Å². The van der Waals surface area contributed by atoms with Crippen LogP contribution in [-0.4, -0.2) is 28.2 Å². The monoisotopic (exact) mass is 1250 g/mol. The SMILES string of the molecule is [C-]#[N+]c1ccc2c(c1)c1ccccc1n2-c1cnc2c(c1)C1(c3ccc(-n4c5ccccc5c5ccccc54)cc3Oc3cc(-n4c5ccccc5c5cc(N6c7ccccc7Oc7cc(C#N)ccc76)ccc54)ccc31)c1cc(-n3c4ccccc4c4cc(C#N)ccc43)cnc1-2. The van der Waals surface area contributed by atoms with Gasteiger partial charge in [-0.2, -0.15) is 10.5 Å². The number of para-hydroxylation sites is 7. The van der Waals surface area contributed by atoms with Crippen molar-refractivity contribution in [3.05, 3.63) is 324 Å². The molecule has 3 aliphatic rings. The van der Waals surface area contributed by atoms with Crippen LogP contribution in [0.1, 0.15) is 33.4 Å². The van der Waals surface area contributed by atoms with Crippen molar-refractivity contribution < 1.29 is 9.47 Å². The Kier molecular flexibility index (Phi) is 10.8. The maximum Gasteiger partial charge on any atom is 0.188 e. The van der Waals surface area contributed by atoms with Crippen molar-refractivity contribution in [1.82, 2.24) is 28.2 Å². The lowest BCUT2D eigenvalue weighted by molar-refractivity contribution is 0.436. The highest BCUT2D eigenvalue weighted by atomic mass is 16.5. The fourth-order valence-electron chi connectivity index (χ4n) is 16.5. The summed E-state index contributed by atoms with van der Waals surface area (Å²) in [5, 5.41) is 28.6. The van der Waals surface area contributed by atoms with Crippen LogP contribution in [0.4, 0.5) is 22.7 Å². The van der Waals surface area contributed by atoms with Crippen LogP contribution in [0.2, 0.25) is 0 Å². The van der Waals surface area contributed by atoms with Gasteiger partial charge in [0.1, 0.15) is 11.5 Å². The van der Waals surface area contributed by atoms with E-state index in [4.69, 9.17) is 26.0 Å². The van der Waals surface area contributed by atoms with E-state index in [1.54, 1.807) is 6.07 Å².